The third-order valence-corrected chi connectivity index (χ3v) is 4.91. The summed E-state index contributed by atoms with van der Waals surface area (Å²) in [6, 6.07) is 8.87. The lowest BCUT2D eigenvalue weighted by Crippen LogP contribution is -2.13. The molecule has 3 aromatic rings. The van der Waals surface area contributed by atoms with Gasteiger partial charge in [0.05, 0.1) is 10.7 Å². The third-order valence-electron chi connectivity index (χ3n) is 3.76. The van der Waals surface area contributed by atoms with Crippen LogP contribution in [0.3, 0.4) is 0 Å². The van der Waals surface area contributed by atoms with Gasteiger partial charge in [-0.1, -0.05) is 23.7 Å². The van der Waals surface area contributed by atoms with Gasteiger partial charge in [0.15, 0.2) is 0 Å². The molecule has 3 rings (SSSR count). The Morgan fingerprint density at radius 2 is 2.00 bits per heavy atom. The van der Waals surface area contributed by atoms with E-state index in [0.717, 1.165) is 10.6 Å². The van der Waals surface area contributed by atoms with Crippen LogP contribution >= 0.6 is 22.9 Å². The monoisotopic (exact) mass is 389 g/mol. The number of ether oxygens (including phenoxy) is 1. The van der Waals surface area contributed by atoms with Gasteiger partial charge in [-0.15, -0.1) is 11.3 Å². The highest BCUT2D eigenvalue weighted by Crippen LogP contribution is 2.18. The molecule has 0 radical (unpaired) electrons. The largest absolute Gasteiger partial charge is 0.455 e. The van der Waals surface area contributed by atoms with Crippen LogP contribution in [0.1, 0.15) is 37.9 Å². The second kappa shape index (κ2) is 7.85. The van der Waals surface area contributed by atoms with E-state index in [2.05, 4.69) is 4.98 Å². The van der Waals surface area contributed by atoms with Crippen LogP contribution < -0.4 is 5.63 Å². The molecule has 0 aliphatic rings. The lowest BCUT2D eigenvalue weighted by atomic mass is 10.1. The van der Waals surface area contributed by atoms with Crippen LogP contribution in [0.4, 0.5) is 0 Å². The van der Waals surface area contributed by atoms with Crippen molar-refractivity contribution in [2.75, 3.05) is 0 Å². The molecule has 7 heteroatoms. The van der Waals surface area contributed by atoms with E-state index in [1.54, 1.807) is 13.8 Å². The molecule has 0 unspecified atom stereocenters. The third kappa shape index (κ3) is 4.39. The minimum Gasteiger partial charge on any atom is -0.455 e. The van der Waals surface area contributed by atoms with Gasteiger partial charge in [-0.25, -0.2) is 14.6 Å². The summed E-state index contributed by atoms with van der Waals surface area (Å²) in [5.41, 5.74) is 2.12. The first-order valence-electron chi connectivity index (χ1n) is 7.88. The zero-order valence-electron chi connectivity index (χ0n) is 14.2. The molecule has 0 saturated carbocycles. The lowest BCUT2D eigenvalue weighted by molar-refractivity contribution is 0.0462. The molecule has 26 heavy (non-hydrogen) atoms. The number of carbonyl (C=O) groups is 1. The van der Waals surface area contributed by atoms with Crippen molar-refractivity contribution in [2.24, 2.45) is 0 Å². The van der Waals surface area contributed by atoms with Gasteiger partial charge >= 0.3 is 11.6 Å². The topological polar surface area (TPSA) is 69.4 Å². The first kappa shape index (κ1) is 18.4. The Hall–Kier alpha value is -2.44. The fourth-order valence-corrected chi connectivity index (χ4v) is 3.49. The predicted molar refractivity (Wildman–Crippen MR) is 99.9 cm³/mol. The molecule has 0 bridgehead atoms. The number of rotatable bonds is 5. The molecular weight excluding hydrogens is 374 g/mol. The predicted octanol–water partition coefficient (Wildman–Crippen LogP) is 4.31. The zero-order chi connectivity index (χ0) is 18.7. The van der Waals surface area contributed by atoms with Gasteiger partial charge in [-0.05, 0) is 37.1 Å². The van der Waals surface area contributed by atoms with Crippen LogP contribution in [0.15, 0.2) is 44.9 Å². The molecule has 134 valence electrons. The van der Waals surface area contributed by atoms with E-state index in [4.69, 9.17) is 20.8 Å². The van der Waals surface area contributed by atoms with Gasteiger partial charge in [-0.2, -0.15) is 0 Å². The molecule has 0 atom stereocenters. The fraction of sp³-hybridized carbons (Fsp3) is 0.211. The van der Waals surface area contributed by atoms with Crippen molar-refractivity contribution in [3.63, 3.8) is 0 Å². The number of esters is 1. The molecular formula is C19H16ClNO4S. The molecule has 5 nitrogen and oxygen atoms in total. The Labute approximate surface area is 159 Å². The summed E-state index contributed by atoms with van der Waals surface area (Å²) in [7, 11) is 0. The Kier molecular flexibility index (Phi) is 5.54. The number of thiazole rings is 1. The maximum Gasteiger partial charge on any atom is 0.342 e. The van der Waals surface area contributed by atoms with E-state index in [1.807, 2.05) is 29.6 Å². The summed E-state index contributed by atoms with van der Waals surface area (Å²) >= 11 is 7.39. The molecule has 2 heterocycles. The van der Waals surface area contributed by atoms with Gasteiger partial charge in [0, 0.05) is 22.9 Å². The Morgan fingerprint density at radius 3 is 2.69 bits per heavy atom. The molecule has 0 aliphatic heterocycles. The minimum atomic E-state index is -0.531. The summed E-state index contributed by atoms with van der Waals surface area (Å²) in [6.07, 6.45) is 0.692. The van der Waals surface area contributed by atoms with Crippen LogP contribution in [0.2, 0.25) is 5.02 Å². The first-order valence-corrected chi connectivity index (χ1v) is 9.14. The van der Waals surface area contributed by atoms with Gasteiger partial charge in [-0.3, -0.25) is 0 Å². The zero-order valence-corrected chi connectivity index (χ0v) is 15.8. The highest BCUT2D eigenvalue weighted by Gasteiger charge is 2.17. The van der Waals surface area contributed by atoms with Crippen LogP contribution in [-0.4, -0.2) is 11.0 Å². The highest BCUT2D eigenvalue weighted by molar-refractivity contribution is 7.09. The minimum absolute atomic E-state index is 0.0634. The van der Waals surface area contributed by atoms with Crippen molar-refractivity contribution in [1.29, 1.82) is 0 Å². The molecule has 0 amide bonds. The quantitative estimate of drug-likeness (QED) is 0.608. The van der Waals surface area contributed by atoms with E-state index in [-0.39, 0.29) is 17.9 Å². The molecule has 2 aromatic heterocycles. The van der Waals surface area contributed by atoms with E-state index in [1.165, 1.54) is 17.4 Å². The maximum absolute atomic E-state index is 12.3. The summed E-state index contributed by atoms with van der Waals surface area (Å²) in [4.78, 5) is 28.1. The van der Waals surface area contributed by atoms with Crippen LogP contribution in [-0.2, 0) is 17.8 Å². The summed E-state index contributed by atoms with van der Waals surface area (Å²) in [5, 5.41) is 3.49. The number of aryl methyl sites for hydroxylation is 2. The molecule has 0 N–H and O–H groups in total. The Bertz CT molecular complexity index is 965. The molecule has 0 spiro atoms. The van der Waals surface area contributed by atoms with Crippen molar-refractivity contribution < 1.29 is 13.9 Å². The normalized spacial score (nSPS) is 10.7. The number of halogens is 1. The summed E-state index contributed by atoms with van der Waals surface area (Å²) in [5.74, 6) is -0.280. The fourth-order valence-electron chi connectivity index (χ4n) is 2.55. The van der Waals surface area contributed by atoms with Crippen molar-refractivity contribution in [1.82, 2.24) is 4.98 Å². The van der Waals surface area contributed by atoms with Crippen molar-refractivity contribution in [3.8, 4) is 0 Å². The summed E-state index contributed by atoms with van der Waals surface area (Å²) in [6.45, 7) is 3.31. The number of nitrogens with zero attached hydrogens (tertiary/aromatic N) is 1. The Balaban J connectivity index is 1.64. The van der Waals surface area contributed by atoms with Gasteiger partial charge in [0.25, 0.3) is 0 Å². The van der Waals surface area contributed by atoms with Crippen molar-refractivity contribution in [2.45, 2.75) is 26.9 Å². The van der Waals surface area contributed by atoms with Gasteiger partial charge in [0.2, 0.25) is 0 Å². The number of hydrogen-bond acceptors (Lipinski definition) is 6. The smallest absolute Gasteiger partial charge is 0.342 e. The lowest BCUT2D eigenvalue weighted by Gasteiger charge is -2.07. The molecule has 0 saturated heterocycles. The number of hydrogen-bond donors (Lipinski definition) is 0. The van der Waals surface area contributed by atoms with Gasteiger partial charge < -0.3 is 9.15 Å². The molecule has 0 fully saturated rings. The van der Waals surface area contributed by atoms with Crippen LogP contribution in [0.25, 0.3) is 0 Å². The SMILES string of the molecule is Cc1cc(=O)oc(C)c1C(=O)OCc1csc(Cc2ccc(Cl)cc2)n1. The van der Waals surface area contributed by atoms with Crippen LogP contribution in [0.5, 0.6) is 0 Å². The van der Waals surface area contributed by atoms with Gasteiger partial charge in [0.1, 0.15) is 17.9 Å². The average molecular weight is 390 g/mol. The first-order chi connectivity index (χ1) is 12.4. The van der Waals surface area contributed by atoms with E-state index < -0.39 is 11.6 Å². The van der Waals surface area contributed by atoms with E-state index in [9.17, 15) is 9.59 Å². The number of carbonyl (C=O) groups excluding carboxylic acids is 1. The van der Waals surface area contributed by atoms with Crippen molar-refractivity contribution in [3.05, 3.63) is 84.3 Å². The van der Waals surface area contributed by atoms with Crippen molar-refractivity contribution >= 4 is 28.9 Å². The number of benzene rings is 1. The standard InChI is InChI=1S/C19H16ClNO4S/c1-11-7-17(22)25-12(2)18(11)19(23)24-9-15-10-26-16(21-15)8-13-3-5-14(20)6-4-13/h3-7,10H,8-9H2,1-2H3. The summed E-state index contributed by atoms with van der Waals surface area (Å²) < 4.78 is 10.3. The van der Waals surface area contributed by atoms with Crippen LogP contribution in [0, 0.1) is 13.8 Å². The van der Waals surface area contributed by atoms with E-state index >= 15 is 0 Å². The maximum atomic E-state index is 12.3. The highest BCUT2D eigenvalue weighted by atomic mass is 35.5. The second-order valence-electron chi connectivity index (χ2n) is 5.79. The molecule has 1 aromatic carbocycles. The average Bonchev–Trinajstić information content (AvgIpc) is 3.01. The second-order valence-corrected chi connectivity index (χ2v) is 7.17. The number of aromatic nitrogens is 1. The van der Waals surface area contributed by atoms with E-state index in [0.29, 0.717) is 22.7 Å². The Morgan fingerprint density at radius 1 is 1.27 bits per heavy atom. The molecule has 0 aliphatic carbocycles.